The Morgan fingerprint density at radius 1 is 1.00 bits per heavy atom. The molecule has 0 bridgehead atoms. The molecule has 0 spiro atoms. The molecule has 2 nitrogen and oxygen atoms in total. The van der Waals surface area contributed by atoms with Gasteiger partial charge in [-0.2, -0.15) is 0 Å². The number of piperidine rings is 2. The number of nitrogens with one attached hydrogen (secondary N) is 2. The Balaban J connectivity index is 1.81. The fourth-order valence-corrected chi connectivity index (χ4v) is 3.02. The van der Waals surface area contributed by atoms with Crippen molar-refractivity contribution in [2.75, 3.05) is 26.2 Å². The molecule has 0 saturated carbocycles. The van der Waals surface area contributed by atoms with Crippen LogP contribution in [0.15, 0.2) is 0 Å². The zero-order chi connectivity index (χ0) is 9.86. The molecule has 2 saturated heterocycles. The van der Waals surface area contributed by atoms with Gasteiger partial charge in [-0.15, -0.1) is 0 Å². The normalized spacial score (nSPS) is 28.9. The second-order valence-electron chi connectivity index (χ2n) is 5.46. The number of rotatable bonds is 2. The van der Waals surface area contributed by atoms with Crippen molar-refractivity contribution in [3.8, 4) is 0 Å². The largest absolute Gasteiger partial charge is 0.317 e. The maximum absolute atomic E-state index is 3.46. The van der Waals surface area contributed by atoms with E-state index in [0.29, 0.717) is 5.41 Å². The van der Waals surface area contributed by atoms with Crippen molar-refractivity contribution in [3.05, 3.63) is 0 Å². The lowest BCUT2D eigenvalue weighted by Crippen LogP contribution is -2.38. The third-order valence-electron chi connectivity index (χ3n) is 4.05. The van der Waals surface area contributed by atoms with Crippen molar-refractivity contribution in [2.24, 2.45) is 11.3 Å². The molecule has 2 rings (SSSR count). The smallest absolute Gasteiger partial charge is 0.00437 e. The number of hydrogen-bond acceptors (Lipinski definition) is 2. The third-order valence-corrected chi connectivity index (χ3v) is 4.05. The molecular formula is C12H24N2. The first-order valence-electron chi connectivity index (χ1n) is 6.20. The molecule has 2 heterocycles. The summed E-state index contributed by atoms with van der Waals surface area (Å²) in [7, 11) is 0. The minimum atomic E-state index is 0.646. The molecule has 82 valence electrons. The van der Waals surface area contributed by atoms with E-state index in [-0.39, 0.29) is 0 Å². The van der Waals surface area contributed by atoms with E-state index in [9.17, 15) is 0 Å². The summed E-state index contributed by atoms with van der Waals surface area (Å²) in [6, 6.07) is 0. The van der Waals surface area contributed by atoms with Crippen molar-refractivity contribution in [1.29, 1.82) is 0 Å². The van der Waals surface area contributed by atoms with Gasteiger partial charge in [-0.25, -0.2) is 0 Å². The summed E-state index contributed by atoms with van der Waals surface area (Å²) < 4.78 is 0. The lowest BCUT2D eigenvalue weighted by Gasteiger charge is -2.38. The average Bonchev–Trinajstić information content (AvgIpc) is 2.19. The second-order valence-corrected chi connectivity index (χ2v) is 5.46. The Labute approximate surface area is 87.8 Å². The highest BCUT2D eigenvalue weighted by atomic mass is 14.9. The highest BCUT2D eigenvalue weighted by molar-refractivity contribution is 4.84. The molecule has 0 atom stereocenters. The van der Waals surface area contributed by atoms with Gasteiger partial charge >= 0.3 is 0 Å². The van der Waals surface area contributed by atoms with Gasteiger partial charge < -0.3 is 10.6 Å². The molecule has 0 aromatic rings. The number of hydrogen-bond donors (Lipinski definition) is 2. The summed E-state index contributed by atoms with van der Waals surface area (Å²) in [5, 5.41) is 6.92. The molecule has 0 aromatic carbocycles. The summed E-state index contributed by atoms with van der Waals surface area (Å²) in [5.74, 6) is 0.999. The Kier molecular flexibility index (Phi) is 3.45. The monoisotopic (exact) mass is 196 g/mol. The van der Waals surface area contributed by atoms with E-state index >= 15 is 0 Å². The van der Waals surface area contributed by atoms with E-state index in [1.807, 2.05) is 0 Å². The molecule has 0 unspecified atom stereocenters. The van der Waals surface area contributed by atoms with E-state index in [1.54, 1.807) is 0 Å². The van der Waals surface area contributed by atoms with Crippen molar-refractivity contribution >= 4 is 0 Å². The predicted molar refractivity (Wildman–Crippen MR) is 60.4 cm³/mol. The van der Waals surface area contributed by atoms with Crippen LogP contribution in [0.3, 0.4) is 0 Å². The van der Waals surface area contributed by atoms with Crippen LogP contribution in [0.2, 0.25) is 0 Å². The van der Waals surface area contributed by atoms with Crippen LogP contribution in [-0.2, 0) is 0 Å². The lowest BCUT2D eigenvalue weighted by atomic mass is 9.72. The predicted octanol–water partition coefficient (Wildman–Crippen LogP) is 1.77. The molecular weight excluding hydrogens is 172 g/mol. The van der Waals surface area contributed by atoms with Crippen LogP contribution in [0.25, 0.3) is 0 Å². The van der Waals surface area contributed by atoms with Crippen molar-refractivity contribution in [3.63, 3.8) is 0 Å². The summed E-state index contributed by atoms with van der Waals surface area (Å²) in [6.45, 7) is 7.47. The van der Waals surface area contributed by atoms with Crippen LogP contribution in [0.4, 0.5) is 0 Å². The van der Waals surface area contributed by atoms with Crippen molar-refractivity contribution in [2.45, 2.75) is 39.0 Å². The van der Waals surface area contributed by atoms with Gasteiger partial charge in [0.2, 0.25) is 0 Å². The summed E-state index contributed by atoms with van der Waals surface area (Å²) in [6.07, 6.45) is 7.05. The SMILES string of the molecule is CC1(CC2CCNCC2)CCNCC1. The first-order chi connectivity index (χ1) is 6.79. The molecule has 0 aromatic heterocycles. The summed E-state index contributed by atoms with van der Waals surface area (Å²) in [5.41, 5.74) is 0.646. The third kappa shape index (κ3) is 2.71. The van der Waals surface area contributed by atoms with Gasteiger partial charge in [0.25, 0.3) is 0 Å². The zero-order valence-electron chi connectivity index (χ0n) is 9.44. The van der Waals surface area contributed by atoms with E-state index < -0.39 is 0 Å². The highest BCUT2D eigenvalue weighted by Gasteiger charge is 2.30. The van der Waals surface area contributed by atoms with Gasteiger partial charge in [0.1, 0.15) is 0 Å². The summed E-state index contributed by atoms with van der Waals surface area (Å²) in [4.78, 5) is 0. The lowest BCUT2D eigenvalue weighted by molar-refractivity contribution is 0.158. The molecule has 0 aliphatic carbocycles. The van der Waals surface area contributed by atoms with E-state index in [1.165, 1.54) is 58.3 Å². The van der Waals surface area contributed by atoms with E-state index in [4.69, 9.17) is 0 Å². The topological polar surface area (TPSA) is 24.1 Å². The minimum Gasteiger partial charge on any atom is -0.317 e. The molecule has 2 aliphatic heterocycles. The fourth-order valence-electron chi connectivity index (χ4n) is 3.02. The van der Waals surface area contributed by atoms with Gasteiger partial charge in [0.15, 0.2) is 0 Å². The minimum absolute atomic E-state index is 0.646. The molecule has 14 heavy (non-hydrogen) atoms. The van der Waals surface area contributed by atoms with E-state index in [0.717, 1.165) is 5.92 Å². The highest BCUT2D eigenvalue weighted by Crippen LogP contribution is 2.37. The summed E-state index contributed by atoms with van der Waals surface area (Å²) >= 11 is 0. The van der Waals surface area contributed by atoms with Crippen LogP contribution in [0.1, 0.15) is 39.0 Å². The van der Waals surface area contributed by atoms with Gasteiger partial charge in [0.05, 0.1) is 0 Å². The first-order valence-corrected chi connectivity index (χ1v) is 6.20. The molecule has 2 heteroatoms. The van der Waals surface area contributed by atoms with Crippen LogP contribution in [-0.4, -0.2) is 26.2 Å². The quantitative estimate of drug-likeness (QED) is 0.703. The van der Waals surface area contributed by atoms with Crippen LogP contribution < -0.4 is 10.6 Å². The average molecular weight is 196 g/mol. The molecule has 2 N–H and O–H groups in total. The van der Waals surface area contributed by atoms with Gasteiger partial charge in [-0.1, -0.05) is 6.92 Å². The Hall–Kier alpha value is -0.0800. The zero-order valence-corrected chi connectivity index (χ0v) is 9.44. The van der Waals surface area contributed by atoms with Crippen molar-refractivity contribution < 1.29 is 0 Å². The standard InChI is InChI=1S/C12H24N2/c1-12(4-8-14-9-5-12)10-11-2-6-13-7-3-11/h11,13-14H,2-10H2,1H3. The van der Waals surface area contributed by atoms with Gasteiger partial charge in [-0.05, 0) is 69.6 Å². The molecule has 2 aliphatic rings. The van der Waals surface area contributed by atoms with Gasteiger partial charge in [-0.3, -0.25) is 0 Å². The fraction of sp³-hybridized carbons (Fsp3) is 1.00. The molecule has 0 amide bonds. The van der Waals surface area contributed by atoms with Crippen LogP contribution in [0.5, 0.6) is 0 Å². The maximum Gasteiger partial charge on any atom is -0.00437 e. The Bertz CT molecular complexity index is 167. The van der Waals surface area contributed by atoms with Gasteiger partial charge in [0, 0.05) is 0 Å². The first kappa shape index (κ1) is 10.4. The van der Waals surface area contributed by atoms with Crippen molar-refractivity contribution in [1.82, 2.24) is 10.6 Å². The Morgan fingerprint density at radius 3 is 2.21 bits per heavy atom. The maximum atomic E-state index is 3.46. The van der Waals surface area contributed by atoms with E-state index in [2.05, 4.69) is 17.6 Å². The molecule has 2 fully saturated rings. The van der Waals surface area contributed by atoms with Crippen LogP contribution in [0, 0.1) is 11.3 Å². The second kappa shape index (κ2) is 4.63. The van der Waals surface area contributed by atoms with Crippen LogP contribution >= 0.6 is 0 Å². The molecule has 0 radical (unpaired) electrons. The Morgan fingerprint density at radius 2 is 1.57 bits per heavy atom.